The fraction of sp³-hybridized carbons (Fsp3) is 0.929. The van der Waals surface area contributed by atoms with Crippen molar-refractivity contribution in [2.45, 2.75) is 58.4 Å². The molecule has 0 aromatic carbocycles. The molecule has 1 aliphatic rings. The highest BCUT2D eigenvalue weighted by Gasteiger charge is 2.32. The van der Waals surface area contributed by atoms with Gasteiger partial charge >= 0.3 is 5.97 Å². The van der Waals surface area contributed by atoms with Gasteiger partial charge in [-0.05, 0) is 31.7 Å². The average Bonchev–Trinajstić information content (AvgIpc) is 2.78. The molecule has 1 heterocycles. The smallest absolute Gasteiger partial charge is 0.323 e. The molecule has 0 aromatic rings. The minimum atomic E-state index is -0.0457. The Balaban J connectivity index is 2.49. The number of esters is 1. The third-order valence-electron chi connectivity index (χ3n) is 3.76. The highest BCUT2D eigenvalue weighted by Crippen LogP contribution is 2.24. The lowest BCUT2D eigenvalue weighted by atomic mass is 10.0. The van der Waals surface area contributed by atoms with E-state index in [-0.39, 0.29) is 12.0 Å². The van der Waals surface area contributed by atoms with Gasteiger partial charge in [-0.2, -0.15) is 0 Å². The fourth-order valence-electron chi connectivity index (χ4n) is 2.77. The number of carbonyl (C=O) groups excluding carboxylic acids is 1. The summed E-state index contributed by atoms with van der Waals surface area (Å²) in [4.78, 5) is 14.1. The minimum absolute atomic E-state index is 0.00167. The molecule has 3 heteroatoms. The van der Waals surface area contributed by atoms with Crippen LogP contribution >= 0.6 is 0 Å². The van der Waals surface area contributed by atoms with E-state index in [1.807, 2.05) is 0 Å². The van der Waals surface area contributed by atoms with E-state index in [2.05, 4.69) is 18.7 Å². The Morgan fingerprint density at radius 1 is 1.41 bits per heavy atom. The zero-order valence-electron chi connectivity index (χ0n) is 11.6. The van der Waals surface area contributed by atoms with Crippen molar-refractivity contribution in [3.8, 4) is 0 Å². The molecule has 17 heavy (non-hydrogen) atoms. The first-order valence-corrected chi connectivity index (χ1v) is 7.04. The summed E-state index contributed by atoms with van der Waals surface area (Å²) < 4.78 is 4.94. The first-order chi connectivity index (χ1) is 8.22. The molecule has 0 bridgehead atoms. The summed E-state index contributed by atoms with van der Waals surface area (Å²) in [6.45, 7) is 6.54. The van der Waals surface area contributed by atoms with Crippen LogP contribution in [0.3, 0.4) is 0 Å². The number of unbranched alkanes of at least 4 members (excludes halogenated alkanes) is 1. The first-order valence-electron chi connectivity index (χ1n) is 7.04. The van der Waals surface area contributed by atoms with Crippen molar-refractivity contribution in [2.24, 2.45) is 5.92 Å². The topological polar surface area (TPSA) is 29.5 Å². The van der Waals surface area contributed by atoms with E-state index in [0.717, 1.165) is 38.3 Å². The second kappa shape index (κ2) is 7.70. The van der Waals surface area contributed by atoms with Crippen molar-refractivity contribution >= 4 is 5.97 Å². The number of likely N-dealkylation sites (tertiary alicyclic amines) is 1. The molecule has 1 saturated heterocycles. The lowest BCUT2D eigenvalue weighted by Crippen LogP contribution is -2.40. The molecule has 1 rings (SSSR count). The van der Waals surface area contributed by atoms with Crippen molar-refractivity contribution in [2.75, 3.05) is 20.2 Å². The van der Waals surface area contributed by atoms with Crippen LogP contribution in [-0.2, 0) is 9.53 Å². The molecule has 0 aliphatic carbocycles. The Bertz CT molecular complexity index is 230. The van der Waals surface area contributed by atoms with Gasteiger partial charge in [0.15, 0.2) is 0 Å². The normalized spacial score (nSPS) is 22.6. The average molecular weight is 241 g/mol. The molecular formula is C14H27NO2. The summed E-state index contributed by atoms with van der Waals surface area (Å²) >= 11 is 0. The molecule has 0 saturated carbocycles. The van der Waals surface area contributed by atoms with Crippen LogP contribution in [0.1, 0.15) is 52.4 Å². The predicted octanol–water partition coefficient (Wildman–Crippen LogP) is 2.84. The van der Waals surface area contributed by atoms with Crippen LogP contribution in [0.5, 0.6) is 0 Å². The van der Waals surface area contributed by atoms with Crippen LogP contribution < -0.4 is 0 Å². The third-order valence-corrected chi connectivity index (χ3v) is 3.76. The Morgan fingerprint density at radius 3 is 2.76 bits per heavy atom. The largest absolute Gasteiger partial charge is 0.468 e. The van der Waals surface area contributed by atoms with Gasteiger partial charge in [-0.15, -0.1) is 0 Å². The van der Waals surface area contributed by atoms with Crippen LogP contribution in [0.2, 0.25) is 0 Å². The van der Waals surface area contributed by atoms with Gasteiger partial charge in [-0.3, -0.25) is 9.69 Å². The number of hydrogen-bond acceptors (Lipinski definition) is 3. The van der Waals surface area contributed by atoms with Gasteiger partial charge in [-0.25, -0.2) is 0 Å². The van der Waals surface area contributed by atoms with Gasteiger partial charge in [0.1, 0.15) is 6.04 Å². The quantitative estimate of drug-likeness (QED) is 0.642. The Kier molecular flexibility index (Phi) is 6.56. The van der Waals surface area contributed by atoms with Gasteiger partial charge in [0, 0.05) is 6.54 Å². The highest BCUT2D eigenvalue weighted by molar-refractivity contribution is 5.75. The monoisotopic (exact) mass is 241 g/mol. The number of ether oxygens (including phenoxy) is 1. The molecule has 2 unspecified atom stereocenters. The molecule has 100 valence electrons. The van der Waals surface area contributed by atoms with E-state index >= 15 is 0 Å². The summed E-state index contributed by atoms with van der Waals surface area (Å²) in [5.41, 5.74) is 0. The van der Waals surface area contributed by atoms with Gasteiger partial charge < -0.3 is 4.74 Å². The number of nitrogens with zero attached hydrogens (tertiary/aromatic N) is 1. The Morgan fingerprint density at radius 2 is 2.18 bits per heavy atom. The van der Waals surface area contributed by atoms with Crippen molar-refractivity contribution in [3.63, 3.8) is 0 Å². The van der Waals surface area contributed by atoms with Gasteiger partial charge in [0.25, 0.3) is 0 Å². The summed E-state index contributed by atoms with van der Waals surface area (Å²) in [6.07, 6.45) is 6.97. The van der Waals surface area contributed by atoms with Gasteiger partial charge in [0.2, 0.25) is 0 Å². The van der Waals surface area contributed by atoms with Crippen molar-refractivity contribution in [3.05, 3.63) is 0 Å². The molecule has 0 spiro atoms. The third kappa shape index (κ3) is 4.30. The minimum Gasteiger partial charge on any atom is -0.468 e. The maximum atomic E-state index is 11.8. The second-order valence-corrected chi connectivity index (χ2v) is 5.12. The van der Waals surface area contributed by atoms with E-state index in [4.69, 9.17) is 4.74 Å². The zero-order chi connectivity index (χ0) is 12.7. The summed E-state index contributed by atoms with van der Waals surface area (Å²) in [5.74, 6) is 0.740. The van der Waals surface area contributed by atoms with Crippen LogP contribution in [0.4, 0.5) is 0 Å². The summed E-state index contributed by atoms with van der Waals surface area (Å²) in [6, 6.07) is 0.00167. The van der Waals surface area contributed by atoms with Gasteiger partial charge in [-0.1, -0.05) is 33.1 Å². The van der Waals surface area contributed by atoms with Gasteiger partial charge in [0.05, 0.1) is 7.11 Å². The summed E-state index contributed by atoms with van der Waals surface area (Å²) in [7, 11) is 1.50. The van der Waals surface area contributed by atoms with Crippen LogP contribution in [0, 0.1) is 5.92 Å². The van der Waals surface area contributed by atoms with E-state index in [0.29, 0.717) is 0 Å². The molecule has 1 fully saturated rings. The number of carbonyl (C=O) groups is 1. The molecule has 3 nitrogen and oxygen atoms in total. The zero-order valence-corrected chi connectivity index (χ0v) is 11.6. The molecule has 2 atom stereocenters. The second-order valence-electron chi connectivity index (χ2n) is 5.12. The van der Waals surface area contributed by atoms with E-state index in [9.17, 15) is 4.79 Å². The predicted molar refractivity (Wildman–Crippen MR) is 69.9 cm³/mol. The molecule has 1 aliphatic heterocycles. The summed E-state index contributed by atoms with van der Waals surface area (Å²) in [5, 5.41) is 0. The molecule has 0 N–H and O–H groups in total. The molecule has 0 amide bonds. The van der Waals surface area contributed by atoms with Crippen LogP contribution in [0.15, 0.2) is 0 Å². The van der Waals surface area contributed by atoms with Crippen molar-refractivity contribution in [1.29, 1.82) is 0 Å². The SMILES string of the molecule is CCCCC(C(=O)OC)N1CCC(CCC)C1. The maximum Gasteiger partial charge on any atom is 0.323 e. The molecule has 0 aromatic heterocycles. The number of rotatable bonds is 7. The van der Waals surface area contributed by atoms with E-state index < -0.39 is 0 Å². The highest BCUT2D eigenvalue weighted by atomic mass is 16.5. The first kappa shape index (κ1) is 14.5. The standard InChI is InChI=1S/C14H27NO2/c1-4-6-8-13(14(16)17-3)15-10-9-12(11-15)7-5-2/h12-13H,4-11H2,1-3H3. The number of hydrogen-bond donors (Lipinski definition) is 0. The number of methoxy groups -OCH3 is 1. The van der Waals surface area contributed by atoms with E-state index in [1.54, 1.807) is 0 Å². The van der Waals surface area contributed by atoms with Crippen molar-refractivity contribution < 1.29 is 9.53 Å². The van der Waals surface area contributed by atoms with Crippen LogP contribution in [-0.4, -0.2) is 37.1 Å². The molecule has 0 radical (unpaired) electrons. The van der Waals surface area contributed by atoms with Crippen LogP contribution in [0.25, 0.3) is 0 Å². The lowest BCUT2D eigenvalue weighted by Gasteiger charge is -2.25. The fourth-order valence-corrected chi connectivity index (χ4v) is 2.77. The van der Waals surface area contributed by atoms with E-state index in [1.165, 1.54) is 26.4 Å². The van der Waals surface area contributed by atoms with Crippen molar-refractivity contribution in [1.82, 2.24) is 4.90 Å². The lowest BCUT2D eigenvalue weighted by molar-refractivity contribution is -0.147. The Hall–Kier alpha value is -0.570. The maximum absolute atomic E-state index is 11.8. The molecular weight excluding hydrogens is 214 g/mol. The Labute approximate surface area is 106 Å².